The van der Waals surface area contributed by atoms with Crippen molar-refractivity contribution in [2.24, 2.45) is 17.3 Å². The van der Waals surface area contributed by atoms with E-state index in [4.69, 9.17) is 0 Å². The molecule has 27 heavy (non-hydrogen) atoms. The molecule has 5 rings (SSSR count). The summed E-state index contributed by atoms with van der Waals surface area (Å²) in [4.78, 5) is 26.6. The number of ketones is 2. The molecule has 2 aromatic rings. The van der Waals surface area contributed by atoms with Crippen LogP contribution in [-0.4, -0.2) is 11.6 Å². The number of carbonyl (C=O) groups is 2. The molecule has 0 aliphatic heterocycles. The topological polar surface area (TPSA) is 57.9 Å². The molecule has 2 fully saturated rings. The highest BCUT2D eigenvalue weighted by Crippen LogP contribution is 2.73. The van der Waals surface area contributed by atoms with Gasteiger partial charge in [0.05, 0.1) is 11.5 Å². The Morgan fingerprint density at radius 3 is 2.52 bits per heavy atom. The van der Waals surface area contributed by atoms with Crippen LogP contribution in [0.3, 0.4) is 0 Å². The van der Waals surface area contributed by atoms with Gasteiger partial charge >= 0.3 is 0 Å². The Kier molecular flexibility index (Phi) is 3.28. The molecule has 0 saturated heterocycles. The summed E-state index contributed by atoms with van der Waals surface area (Å²) in [5.74, 6) is -0.958. The fraction of sp³-hybridized carbons (Fsp3) is 0.375. The summed E-state index contributed by atoms with van der Waals surface area (Å²) >= 11 is 0. The van der Waals surface area contributed by atoms with E-state index in [0.29, 0.717) is 6.42 Å². The number of aryl methyl sites for hydroxylation is 1. The molecule has 2 saturated carbocycles. The largest absolute Gasteiger partial charge is 0.299 e. The molecular weight excluding hydrogens is 334 g/mol. The van der Waals surface area contributed by atoms with Crippen molar-refractivity contribution in [1.82, 2.24) is 0 Å². The standard InChI is InChI=1S/C24H21NO2/c1-15(26)23-14-24(20(13-25)22(23)27)18-10-6-5-7-16(18)11-12-19(24)21(23)17-8-3-2-4-9-17/h2-10,19-21H,11-12,14H2,1H3/t19?,20?,21-,23-,24+/m0/s1. The van der Waals surface area contributed by atoms with E-state index in [1.165, 1.54) is 5.56 Å². The second-order valence-electron chi connectivity index (χ2n) is 8.36. The van der Waals surface area contributed by atoms with Gasteiger partial charge in [0.25, 0.3) is 0 Å². The molecule has 0 heterocycles. The van der Waals surface area contributed by atoms with Crippen LogP contribution in [0.4, 0.5) is 0 Å². The fourth-order valence-electron chi connectivity index (χ4n) is 6.64. The minimum Gasteiger partial charge on any atom is -0.299 e. The molecule has 3 aliphatic carbocycles. The molecule has 0 radical (unpaired) electrons. The molecule has 0 N–H and O–H groups in total. The molecule has 5 atom stereocenters. The predicted molar refractivity (Wildman–Crippen MR) is 101 cm³/mol. The van der Waals surface area contributed by atoms with Crippen molar-refractivity contribution in [3.8, 4) is 6.07 Å². The zero-order valence-electron chi connectivity index (χ0n) is 15.3. The third kappa shape index (κ3) is 1.76. The second-order valence-corrected chi connectivity index (χ2v) is 8.36. The van der Waals surface area contributed by atoms with Gasteiger partial charge in [-0.2, -0.15) is 5.26 Å². The van der Waals surface area contributed by atoms with Gasteiger partial charge in [-0.1, -0.05) is 54.6 Å². The number of rotatable bonds is 2. The molecule has 3 nitrogen and oxygen atoms in total. The number of nitriles is 1. The molecule has 134 valence electrons. The second kappa shape index (κ2) is 5.39. The van der Waals surface area contributed by atoms with Crippen molar-refractivity contribution in [1.29, 1.82) is 5.26 Å². The summed E-state index contributed by atoms with van der Waals surface area (Å²) in [5, 5.41) is 9.99. The molecule has 0 aromatic heterocycles. The number of carbonyl (C=O) groups excluding carboxylic acids is 2. The van der Waals surface area contributed by atoms with E-state index in [1.54, 1.807) is 6.92 Å². The van der Waals surface area contributed by atoms with Gasteiger partial charge in [-0.3, -0.25) is 9.59 Å². The predicted octanol–water partition coefficient (Wildman–Crippen LogP) is 3.97. The normalized spacial score (nSPS) is 36.0. The number of nitrogens with zero attached hydrogens (tertiary/aromatic N) is 1. The summed E-state index contributed by atoms with van der Waals surface area (Å²) in [6.45, 7) is 1.55. The smallest absolute Gasteiger partial charge is 0.165 e. The van der Waals surface area contributed by atoms with Crippen molar-refractivity contribution < 1.29 is 9.59 Å². The average Bonchev–Trinajstić information content (AvgIpc) is 3.15. The Balaban J connectivity index is 1.83. The number of benzene rings is 2. The van der Waals surface area contributed by atoms with Gasteiger partial charge in [0.1, 0.15) is 11.7 Å². The van der Waals surface area contributed by atoms with Gasteiger partial charge in [-0.05, 0) is 48.8 Å². The number of fused-ring (bicyclic) bond motifs is 2. The summed E-state index contributed by atoms with van der Waals surface area (Å²) in [5.41, 5.74) is 1.82. The van der Waals surface area contributed by atoms with E-state index < -0.39 is 16.7 Å². The Hall–Kier alpha value is -2.73. The first-order valence-electron chi connectivity index (χ1n) is 9.65. The molecule has 2 aromatic carbocycles. The van der Waals surface area contributed by atoms with Gasteiger partial charge < -0.3 is 0 Å². The maximum Gasteiger partial charge on any atom is 0.165 e. The molecule has 0 amide bonds. The lowest BCUT2D eigenvalue weighted by atomic mass is 9.53. The van der Waals surface area contributed by atoms with Crippen LogP contribution in [0.25, 0.3) is 0 Å². The van der Waals surface area contributed by atoms with Crippen LogP contribution in [-0.2, 0) is 21.4 Å². The van der Waals surface area contributed by atoms with Gasteiger partial charge in [-0.25, -0.2) is 0 Å². The van der Waals surface area contributed by atoms with E-state index in [-0.39, 0.29) is 23.4 Å². The van der Waals surface area contributed by atoms with Gasteiger partial charge in [0.15, 0.2) is 5.78 Å². The maximum atomic E-state index is 13.6. The van der Waals surface area contributed by atoms with Crippen LogP contribution in [0.1, 0.15) is 42.4 Å². The maximum absolute atomic E-state index is 13.6. The summed E-state index contributed by atoms with van der Waals surface area (Å²) in [7, 11) is 0. The molecule has 1 spiro atoms. The number of hydrogen-bond acceptors (Lipinski definition) is 3. The summed E-state index contributed by atoms with van der Waals surface area (Å²) in [6, 6.07) is 20.5. The van der Waals surface area contributed by atoms with Crippen molar-refractivity contribution in [2.45, 2.75) is 37.5 Å². The SMILES string of the molecule is CC(=O)[C@@]12C[C@]3(c4ccccc4CCC3[C@@H]1c1ccccc1)C(C#N)C2=O. The Morgan fingerprint density at radius 1 is 1.11 bits per heavy atom. The van der Waals surface area contributed by atoms with Crippen LogP contribution in [0.15, 0.2) is 54.6 Å². The van der Waals surface area contributed by atoms with E-state index >= 15 is 0 Å². The highest BCUT2D eigenvalue weighted by atomic mass is 16.2. The van der Waals surface area contributed by atoms with E-state index in [0.717, 1.165) is 24.0 Å². The molecule has 3 heteroatoms. The van der Waals surface area contributed by atoms with Crippen LogP contribution in [0, 0.1) is 28.6 Å². The first kappa shape index (κ1) is 16.4. The van der Waals surface area contributed by atoms with Crippen molar-refractivity contribution in [3.05, 3.63) is 71.3 Å². The van der Waals surface area contributed by atoms with E-state index in [1.807, 2.05) is 42.5 Å². The van der Waals surface area contributed by atoms with Gasteiger partial charge in [-0.15, -0.1) is 0 Å². The quantitative estimate of drug-likeness (QED) is 0.766. The van der Waals surface area contributed by atoms with E-state index in [9.17, 15) is 14.9 Å². The third-order valence-corrected chi connectivity index (χ3v) is 7.54. The molecule has 3 aliphatic rings. The van der Waals surface area contributed by atoms with Crippen LogP contribution in [0.2, 0.25) is 0 Å². The molecule has 2 bridgehead atoms. The van der Waals surface area contributed by atoms with Crippen molar-refractivity contribution >= 4 is 11.6 Å². The fourth-order valence-corrected chi connectivity index (χ4v) is 6.64. The minimum atomic E-state index is -1.07. The van der Waals surface area contributed by atoms with Crippen LogP contribution >= 0.6 is 0 Å². The zero-order valence-corrected chi connectivity index (χ0v) is 15.3. The third-order valence-electron chi connectivity index (χ3n) is 7.54. The summed E-state index contributed by atoms with van der Waals surface area (Å²) < 4.78 is 0. The van der Waals surface area contributed by atoms with E-state index in [2.05, 4.69) is 18.2 Å². The number of hydrogen-bond donors (Lipinski definition) is 0. The lowest BCUT2D eigenvalue weighted by molar-refractivity contribution is -0.141. The zero-order chi connectivity index (χ0) is 18.8. The van der Waals surface area contributed by atoms with Gasteiger partial charge in [0, 0.05) is 11.3 Å². The Morgan fingerprint density at radius 2 is 1.81 bits per heavy atom. The number of Topliss-reactive ketones (excluding diaryl/α,β-unsaturated/α-hetero) is 2. The first-order valence-corrected chi connectivity index (χ1v) is 9.65. The van der Waals surface area contributed by atoms with Crippen molar-refractivity contribution in [2.75, 3.05) is 0 Å². The van der Waals surface area contributed by atoms with Crippen molar-refractivity contribution in [3.63, 3.8) is 0 Å². The van der Waals surface area contributed by atoms with Gasteiger partial charge in [0.2, 0.25) is 0 Å². The first-order chi connectivity index (χ1) is 13.1. The van der Waals surface area contributed by atoms with Crippen LogP contribution in [0.5, 0.6) is 0 Å². The molecule has 2 unspecified atom stereocenters. The summed E-state index contributed by atoms with van der Waals surface area (Å²) in [6.07, 6.45) is 2.33. The lowest BCUT2D eigenvalue weighted by Gasteiger charge is -2.47. The highest BCUT2D eigenvalue weighted by molar-refractivity contribution is 6.13. The Bertz CT molecular complexity index is 1000. The Labute approximate surface area is 159 Å². The average molecular weight is 355 g/mol. The monoisotopic (exact) mass is 355 g/mol. The van der Waals surface area contributed by atoms with Crippen LogP contribution < -0.4 is 0 Å². The minimum absolute atomic E-state index is 0.0784. The highest BCUT2D eigenvalue weighted by Gasteiger charge is 2.77. The molecular formula is C24H21NO2. The lowest BCUT2D eigenvalue weighted by Crippen LogP contribution is -2.51.